The van der Waals surface area contributed by atoms with E-state index in [1.807, 2.05) is 0 Å². The zero-order valence-electron chi connectivity index (χ0n) is 11.6. The van der Waals surface area contributed by atoms with Gasteiger partial charge in [0.2, 0.25) is 5.91 Å². The van der Waals surface area contributed by atoms with E-state index in [9.17, 15) is 13.6 Å². The average molecular weight is 282 g/mol. The Balaban J connectivity index is 1.99. The van der Waals surface area contributed by atoms with Crippen molar-refractivity contribution in [3.63, 3.8) is 0 Å². The molecule has 0 unspecified atom stereocenters. The van der Waals surface area contributed by atoms with Crippen molar-refractivity contribution in [3.05, 3.63) is 35.4 Å². The minimum absolute atomic E-state index is 0.106. The maximum Gasteiger partial charge on any atom is 0.227 e. The fourth-order valence-electron chi connectivity index (χ4n) is 2.67. The lowest BCUT2D eigenvalue weighted by atomic mass is 9.91. The van der Waals surface area contributed by atoms with Crippen LogP contribution >= 0.6 is 0 Å². The molecule has 5 heteroatoms. The predicted molar refractivity (Wildman–Crippen MR) is 73.1 cm³/mol. The third-order valence-electron chi connectivity index (χ3n) is 4.06. The summed E-state index contributed by atoms with van der Waals surface area (Å²) in [5, 5.41) is 0. The summed E-state index contributed by atoms with van der Waals surface area (Å²) in [6, 6.07) is 4.28. The van der Waals surface area contributed by atoms with Crippen molar-refractivity contribution in [3.8, 4) is 0 Å². The van der Waals surface area contributed by atoms with Gasteiger partial charge in [0.15, 0.2) is 11.6 Å². The Kier molecular flexibility index (Phi) is 4.70. The Hall–Kier alpha value is -1.49. The van der Waals surface area contributed by atoms with Gasteiger partial charge < -0.3 is 10.6 Å². The van der Waals surface area contributed by atoms with Crippen molar-refractivity contribution in [2.24, 2.45) is 5.73 Å². The van der Waals surface area contributed by atoms with Crippen LogP contribution in [-0.2, 0) is 11.2 Å². The number of halogens is 2. The van der Waals surface area contributed by atoms with Crippen LogP contribution in [0.1, 0.15) is 31.2 Å². The molecule has 110 valence electrons. The minimum atomic E-state index is -0.931. The maximum absolute atomic E-state index is 13.6. The van der Waals surface area contributed by atoms with Gasteiger partial charge in [-0.2, -0.15) is 0 Å². The molecule has 1 amide bonds. The van der Waals surface area contributed by atoms with E-state index in [0.717, 1.165) is 31.7 Å². The lowest BCUT2D eigenvalue weighted by Gasteiger charge is -2.33. The van der Waals surface area contributed by atoms with Crippen LogP contribution in [0, 0.1) is 11.6 Å². The summed E-state index contributed by atoms with van der Waals surface area (Å²) >= 11 is 0. The molecule has 0 spiro atoms. The number of benzene rings is 1. The standard InChI is InChI=1S/C15H20F2N2O/c1-19(12-7-5-11(18)6-8-12)14(20)9-10-3-2-4-13(16)15(10)17/h2-4,11-12H,5-9,18H2,1H3. The second-order valence-electron chi connectivity index (χ2n) is 5.46. The van der Waals surface area contributed by atoms with Crippen molar-refractivity contribution in [2.45, 2.75) is 44.2 Å². The quantitative estimate of drug-likeness (QED) is 0.924. The lowest BCUT2D eigenvalue weighted by Crippen LogP contribution is -2.42. The molecule has 0 aromatic heterocycles. The van der Waals surface area contributed by atoms with E-state index in [2.05, 4.69) is 0 Å². The molecule has 1 aromatic rings. The Morgan fingerprint density at radius 2 is 1.95 bits per heavy atom. The molecule has 2 rings (SSSR count). The van der Waals surface area contributed by atoms with Crippen molar-refractivity contribution in [2.75, 3.05) is 7.05 Å². The molecule has 1 aromatic carbocycles. The van der Waals surface area contributed by atoms with Gasteiger partial charge in [-0.15, -0.1) is 0 Å². The summed E-state index contributed by atoms with van der Waals surface area (Å²) in [6.45, 7) is 0. The van der Waals surface area contributed by atoms with E-state index < -0.39 is 11.6 Å². The largest absolute Gasteiger partial charge is 0.342 e. The molecule has 2 N–H and O–H groups in total. The molecule has 1 aliphatic rings. The van der Waals surface area contributed by atoms with Crippen LogP contribution in [0.3, 0.4) is 0 Å². The van der Waals surface area contributed by atoms with Crippen LogP contribution in [-0.4, -0.2) is 29.9 Å². The third-order valence-corrected chi connectivity index (χ3v) is 4.06. The summed E-state index contributed by atoms with van der Waals surface area (Å²) in [4.78, 5) is 13.8. The summed E-state index contributed by atoms with van der Waals surface area (Å²) < 4.78 is 26.7. The van der Waals surface area contributed by atoms with Crippen molar-refractivity contribution in [1.82, 2.24) is 4.90 Å². The number of rotatable bonds is 3. The predicted octanol–water partition coefficient (Wildman–Crippen LogP) is 2.24. The zero-order chi connectivity index (χ0) is 14.7. The summed E-state index contributed by atoms with van der Waals surface area (Å²) in [5.74, 6) is -2.03. The van der Waals surface area contributed by atoms with Crippen LogP contribution in [0.4, 0.5) is 8.78 Å². The summed E-state index contributed by atoms with van der Waals surface area (Å²) in [7, 11) is 1.72. The van der Waals surface area contributed by atoms with E-state index >= 15 is 0 Å². The van der Waals surface area contributed by atoms with Crippen LogP contribution in [0.2, 0.25) is 0 Å². The summed E-state index contributed by atoms with van der Waals surface area (Å²) in [5.41, 5.74) is 5.94. The molecular weight excluding hydrogens is 262 g/mol. The first-order valence-corrected chi connectivity index (χ1v) is 6.93. The van der Waals surface area contributed by atoms with Crippen molar-refractivity contribution in [1.29, 1.82) is 0 Å². The molecule has 0 saturated heterocycles. The van der Waals surface area contributed by atoms with Gasteiger partial charge in [-0.05, 0) is 31.7 Å². The normalized spacial score (nSPS) is 22.6. The molecular formula is C15H20F2N2O. The van der Waals surface area contributed by atoms with Gasteiger partial charge in [0.1, 0.15) is 0 Å². The first-order chi connectivity index (χ1) is 9.49. The highest BCUT2D eigenvalue weighted by Gasteiger charge is 2.25. The number of carbonyl (C=O) groups is 1. The SMILES string of the molecule is CN(C(=O)Cc1cccc(F)c1F)C1CCC(N)CC1. The second kappa shape index (κ2) is 6.31. The first kappa shape index (κ1) is 14.9. The molecule has 1 saturated carbocycles. The number of hydrogen-bond acceptors (Lipinski definition) is 2. The van der Waals surface area contributed by atoms with Gasteiger partial charge in [-0.1, -0.05) is 12.1 Å². The van der Waals surface area contributed by atoms with Crippen molar-refractivity contribution < 1.29 is 13.6 Å². The number of likely N-dealkylation sites (N-methyl/N-ethyl adjacent to an activating group) is 1. The van der Waals surface area contributed by atoms with E-state index in [0.29, 0.717) is 0 Å². The molecule has 20 heavy (non-hydrogen) atoms. The van der Waals surface area contributed by atoms with Crippen LogP contribution in [0.5, 0.6) is 0 Å². The van der Waals surface area contributed by atoms with Gasteiger partial charge >= 0.3 is 0 Å². The Morgan fingerprint density at radius 1 is 1.30 bits per heavy atom. The fraction of sp³-hybridized carbons (Fsp3) is 0.533. The van der Waals surface area contributed by atoms with E-state index in [4.69, 9.17) is 5.73 Å². The molecule has 1 aliphatic carbocycles. The Morgan fingerprint density at radius 3 is 2.60 bits per heavy atom. The second-order valence-corrected chi connectivity index (χ2v) is 5.46. The fourth-order valence-corrected chi connectivity index (χ4v) is 2.67. The number of nitrogens with zero attached hydrogens (tertiary/aromatic N) is 1. The van der Waals surface area contributed by atoms with Gasteiger partial charge in [0, 0.05) is 24.7 Å². The number of carbonyl (C=O) groups excluding carboxylic acids is 1. The van der Waals surface area contributed by atoms with Gasteiger partial charge in [-0.25, -0.2) is 8.78 Å². The van der Waals surface area contributed by atoms with Gasteiger partial charge in [0.25, 0.3) is 0 Å². The smallest absolute Gasteiger partial charge is 0.227 e. The number of hydrogen-bond donors (Lipinski definition) is 1. The third kappa shape index (κ3) is 3.33. The molecule has 0 atom stereocenters. The van der Waals surface area contributed by atoms with Crippen LogP contribution in [0.25, 0.3) is 0 Å². The average Bonchev–Trinajstić information content (AvgIpc) is 2.44. The monoisotopic (exact) mass is 282 g/mol. The lowest BCUT2D eigenvalue weighted by molar-refractivity contribution is -0.131. The zero-order valence-corrected chi connectivity index (χ0v) is 11.6. The van der Waals surface area contributed by atoms with E-state index in [-0.39, 0.29) is 30.0 Å². The molecule has 1 fully saturated rings. The highest BCUT2D eigenvalue weighted by Crippen LogP contribution is 2.22. The first-order valence-electron chi connectivity index (χ1n) is 6.93. The molecule has 0 aliphatic heterocycles. The molecule has 0 radical (unpaired) electrons. The topological polar surface area (TPSA) is 46.3 Å². The molecule has 0 heterocycles. The highest BCUT2D eigenvalue weighted by molar-refractivity contribution is 5.78. The van der Waals surface area contributed by atoms with E-state index in [1.165, 1.54) is 12.1 Å². The maximum atomic E-state index is 13.6. The van der Waals surface area contributed by atoms with Gasteiger partial charge in [-0.3, -0.25) is 4.79 Å². The van der Waals surface area contributed by atoms with Gasteiger partial charge in [0.05, 0.1) is 6.42 Å². The number of nitrogens with two attached hydrogens (primary N) is 1. The minimum Gasteiger partial charge on any atom is -0.342 e. The highest BCUT2D eigenvalue weighted by atomic mass is 19.2. The van der Waals surface area contributed by atoms with Crippen LogP contribution in [0.15, 0.2) is 18.2 Å². The summed E-state index contributed by atoms with van der Waals surface area (Å²) in [6.07, 6.45) is 3.43. The molecule has 0 bridgehead atoms. The van der Waals surface area contributed by atoms with E-state index in [1.54, 1.807) is 11.9 Å². The molecule has 3 nitrogen and oxygen atoms in total. The number of amides is 1. The Labute approximate surface area is 117 Å². The Bertz CT molecular complexity index is 485. The van der Waals surface area contributed by atoms with Crippen molar-refractivity contribution >= 4 is 5.91 Å². The van der Waals surface area contributed by atoms with Crippen LogP contribution < -0.4 is 5.73 Å².